The van der Waals surface area contributed by atoms with Gasteiger partial charge in [-0.1, -0.05) is 20.4 Å². The topological polar surface area (TPSA) is 64.6 Å². The van der Waals surface area contributed by atoms with Crippen LogP contribution in [-0.4, -0.2) is 30.8 Å². The van der Waals surface area contributed by atoms with Crippen LogP contribution in [0.5, 0.6) is 0 Å². The van der Waals surface area contributed by atoms with Gasteiger partial charge in [-0.3, -0.25) is 0 Å². The van der Waals surface area contributed by atoms with Crippen molar-refractivity contribution in [2.75, 3.05) is 13.2 Å². The van der Waals surface area contributed by atoms with Gasteiger partial charge in [0.25, 0.3) is 0 Å². The number of carbonyl (C=O) groups is 2. The minimum atomic E-state index is -0.514. The lowest BCUT2D eigenvalue weighted by Crippen LogP contribution is -2.47. The van der Waals surface area contributed by atoms with Crippen molar-refractivity contribution in [1.29, 1.82) is 0 Å². The van der Waals surface area contributed by atoms with Crippen LogP contribution in [0.1, 0.15) is 34.6 Å². The van der Waals surface area contributed by atoms with E-state index in [2.05, 4.69) is 11.9 Å². The van der Waals surface area contributed by atoms with Gasteiger partial charge in [0, 0.05) is 11.1 Å². The summed E-state index contributed by atoms with van der Waals surface area (Å²) in [5.74, 6) is -0.201. The fourth-order valence-electron chi connectivity index (χ4n) is 0.835. The highest BCUT2D eigenvalue weighted by molar-refractivity contribution is 5.86. The summed E-state index contributed by atoms with van der Waals surface area (Å²) in [5.41, 5.74) is -0.0220. The Kier molecular flexibility index (Phi) is 6.44. The van der Waals surface area contributed by atoms with Gasteiger partial charge in [-0.05, 0) is 26.7 Å². The Hall–Kier alpha value is -1.52. The third kappa shape index (κ3) is 6.27. The number of nitrogens with one attached hydrogen (secondary N) is 1. The van der Waals surface area contributed by atoms with E-state index in [4.69, 9.17) is 9.47 Å². The summed E-state index contributed by atoms with van der Waals surface area (Å²) in [6.07, 6.45) is -0.514. The third-order valence-corrected chi connectivity index (χ3v) is 2.77. The smallest absolute Gasteiger partial charge is 0.407 e. The van der Waals surface area contributed by atoms with E-state index in [0.717, 1.165) is 0 Å². The molecule has 5 nitrogen and oxygen atoms in total. The Morgan fingerprint density at radius 3 is 2.17 bits per heavy atom. The molecule has 104 valence electrons. The maximum atomic E-state index is 11.5. The summed E-state index contributed by atoms with van der Waals surface area (Å²) in [6.45, 7) is 12.9. The van der Waals surface area contributed by atoms with Gasteiger partial charge in [-0.2, -0.15) is 0 Å². The van der Waals surface area contributed by atoms with Crippen molar-refractivity contribution >= 4 is 12.1 Å². The molecule has 0 atom stereocenters. The SMILES string of the molecule is C=C(C)C(=O)OCCOC(=O)NC(C)(C)C(C)C. The zero-order valence-corrected chi connectivity index (χ0v) is 11.8. The van der Waals surface area contributed by atoms with Gasteiger partial charge in [-0.15, -0.1) is 0 Å². The molecule has 0 aliphatic heterocycles. The second-order valence-corrected chi connectivity index (χ2v) is 5.05. The van der Waals surface area contributed by atoms with Gasteiger partial charge in [0.15, 0.2) is 0 Å². The van der Waals surface area contributed by atoms with E-state index in [1.165, 1.54) is 0 Å². The highest BCUT2D eigenvalue weighted by Gasteiger charge is 2.24. The van der Waals surface area contributed by atoms with Gasteiger partial charge in [0.1, 0.15) is 13.2 Å². The Bertz CT molecular complexity index is 321. The van der Waals surface area contributed by atoms with Crippen LogP contribution in [0.2, 0.25) is 0 Å². The molecule has 0 aliphatic carbocycles. The summed E-state index contributed by atoms with van der Waals surface area (Å²) in [7, 11) is 0. The highest BCUT2D eigenvalue weighted by atomic mass is 16.6. The minimum Gasteiger partial charge on any atom is -0.459 e. The van der Waals surface area contributed by atoms with Crippen molar-refractivity contribution in [3.05, 3.63) is 12.2 Å². The Labute approximate surface area is 109 Å². The van der Waals surface area contributed by atoms with Crippen molar-refractivity contribution in [3.8, 4) is 0 Å². The molecule has 0 aromatic heterocycles. The van der Waals surface area contributed by atoms with Gasteiger partial charge in [-0.25, -0.2) is 9.59 Å². The van der Waals surface area contributed by atoms with Crippen LogP contribution in [0, 0.1) is 5.92 Å². The van der Waals surface area contributed by atoms with E-state index in [-0.39, 0.29) is 24.7 Å². The molecule has 18 heavy (non-hydrogen) atoms. The van der Waals surface area contributed by atoms with E-state index < -0.39 is 12.1 Å². The predicted molar refractivity (Wildman–Crippen MR) is 69.2 cm³/mol. The summed E-state index contributed by atoms with van der Waals surface area (Å²) < 4.78 is 9.69. The zero-order chi connectivity index (χ0) is 14.3. The zero-order valence-electron chi connectivity index (χ0n) is 11.8. The molecule has 1 N–H and O–H groups in total. The maximum Gasteiger partial charge on any atom is 0.407 e. The molecular formula is C13H23NO4. The fraction of sp³-hybridized carbons (Fsp3) is 0.692. The van der Waals surface area contributed by atoms with E-state index in [1.54, 1.807) is 6.92 Å². The summed E-state index contributed by atoms with van der Waals surface area (Å²) in [6, 6.07) is 0. The van der Waals surface area contributed by atoms with Crippen LogP contribution < -0.4 is 5.32 Å². The van der Waals surface area contributed by atoms with Crippen molar-refractivity contribution < 1.29 is 19.1 Å². The number of hydrogen-bond donors (Lipinski definition) is 1. The first kappa shape index (κ1) is 16.5. The normalized spacial score (nSPS) is 11.0. The molecule has 0 aliphatic rings. The molecule has 0 radical (unpaired) electrons. The monoisotopic (exact) mass is 257 g/mol. The molecule has 0 aromatic carbocycles. The maximum absolute atomic E-state index is 11.5. The molecule has 0 bridgehead atoms. The van der Waals surface area contributed by atoms with Crippen LogP contribution >= 0.6 is 0 Å². The molecule has 5 heteroatoms. The standard InChI is InChI=1S/C13H23NO4/c1-9(2)11(15)17-7-8-18-12(16)14-13(5,6)10(3)4/h10H,1,7-8H2,2-6H3,(H,14,16). The van der Waals surface area contributed by atoms with Gasteiger partial charge >= 0.3 is 12.1 Å². The van der Waals surface area contributed by atoms with Crippen molar-refractivity contribution in [1.82, 2.24) is 5.32 Å². The summed E-state index contributed by atoms with van der Waals surface area (Å²) in [5, 5.41) is 2.75. The van der Waals surface area contributed by atoms with Crippen LogP contribution in [0.15, 0.2) is 12.2 Å². The molecule has 0 rings (SSSR count). The van der Waals surface area contributed by atoms with E-state index >= 15 is 0 Å². The van der Waals surface area contributed by atoms with Crippen LogP contribution in [0.3, 0.4) is 0 Å². The minimum absolute atomic E-state index is 0.0268. The van der Waals surface area contributed by atoms with Crippen LogP contribution in [0.4, 0.5) is 4.79 Å². The Morgan fingerprint density at radius 2 is 1.72 bits per heavy atom. The number of esters is 1. The number of hydrogen-bond acceptors (Lipinski definition) is 4. The fourth-order valence-corrected chi connectivity index (χ4v) is 0.835. The Balaban J connectivity index is 3.86. The van der Waals surface area contributed by atoms with Crippen LogP contribution in [0.25, 0.3) is 0 Å². The molecule has 0 aromatic rings. The first-order chi connectivity index (χ1) is 8.16. The molecule has 0 spiro atoms. The molecule has 1 amide bonds. The number of amides is 1. The molecule has 0 saturated carbocycles. The first-order valence-corrected chi connectivity index (χ1v) is 5.94. The Morgan fingerprint density at radius 1 is 1.22 bits per heavy atom. The lowest BCUT2D eigenvalue weighted by molar-refractivity contribution is -0.139. The van der Waals surface area contributed by atoms with E-state index in [9.17, 15) is 9.59 Å². The number of carbonyl (C=O) groups excluding carboxylic acids is 2. The average Bonchev–Trinajstić information content (AvgIpc) is 2.22. The first-order valence-electron chi connectivity index (χ1n) is 5.94. The van der Waals surface area contributed by atoms with Crippen molar-refractivity contribution in [3.63, 3.8) is 0 Å². The third-order valence-electron chi connectivity index (χ3n) is 2.77. The second kappa shape index (κ2) is 7.03. The van der Waals surface area contributed by atoms with E-state index in [1.807, 2.05) is 27.7 Å². The second-order valence-electron chi connectivity index (χ2n) is 5.05. The summed E-state index contributed by atoms with van der Waals surface area (Å²) >= 11 is 0. The molecule has 0 unspecified atom stereocenters. The van der Waals surface area contributed by atoms with Gasteiger partial charge < -0.3 is 14.8 Å². The molecule has 0 fully saturated rings. The average molecular weight is 257 g/mol. The number of alkyl carbamates (subject to hydrolysis) is 1. The predicted octanol–water partition coefficient (Wildman–Crippen LogP) is 2.27. The summed E-state index contributed by atoms with van der Waals surface area (Å²) in [4.78, 5) is 22.5. The van der Waals surface area contributed by atoms with Crippen LogP contribution in [-0.2, 0) is 14.3 Å². The van der Waals surface area contributed by atoms with Gasteiger partial charge in [0.05, 0.1) is 0 Å². The van der Waals surface area contributed by atoms with E-state index in [0.29, 0.717) is 5.57 Å². The highest BCUT2D eigenvalue weighted by Crippen LogP contribution is 2.14. The van der Waals surface area contributed by atoms with Gasteiger partial charge in [0.2, 0.25) is 0 Å². The lowest BCUT2D eigenvalue weighted by Gasteiger charge is -2.29. The number of rotatable bonds is 6. The largest absolute Gasteiger partial charge is 0.459 e. The molecule has 0 heterocycles. The molecule has 0 saturated heterocycles. The van der Waals surface area contributed by atoms with Crippen molar-refractivity contribution in [2.45, 2.75) is 40.2 Å². The molecular weight excluding hydrogens is 234 g/mol. The lowest BCUT2D eigenvalue weighted by atomic mass is 9.91. The van der Waals surface area contributed by atoms with Crippen molar-refractivity contribution in [2.24, 2.45) is 5.92 Å². The number of ether oxygens (including phenoxy) is 2. The quantitative estimate of drug-likeness (QED) is 0.450.